The molecular formula is C16H23NO2S. The molecule has 20 heavy (non-hydrogen) atoms. The van der Waals surface area contributed by atoms with Crippen molar-refractivity contribution in [3.05, 3.63) is 35.9 Å². The van der Waals surface area contributed by atoms with Crippen LogP contribution >= 0.6 is 12.6 Å². The zero-order valence-electron chi connectivity index (χ0n) is 11.8. The zero-order valence-corrected chi connectivity index (χ0v) is 12.7. The molecule has 0 unspecified atom stereocenters. The van der Waals surface area contributed by atoms with E-state index in [4.69, 9.17) is 9.47 Å². The number of ether oxygens (including phenoxy) is 2. The molecule has 0 spiro atoms. The van der Waals surface area contributed by atoms with Crippen LogP contribution in [0, 0.1) is 0 Å². The van der Waals surface area contributed by atoms with Crippen molar-refractivity contribution in [2.24, 2.45) is 0 Å². The van der Waals surface area contributed by atoms with E-state index in [1.54, 1.807) is 0 Å². The molecule has 3 rings (SSSR count). The number of thiol groups is 1. The van der Waals surface area contributed by atoms with Gasteiger partial charge in [-0.05, 0) is 25.9 Å². The van der Waals surface area contributed by atoms with Crippen molar-refractivity contribution >= 4 is 12.6 Å². The Morgan fingerprint density at radius 3 is 2.60 bits per heavy atom. The predicted molar refractivity (Wildman–Crippen MR) is 83.1 cm³/mol. The van der Waals surface area contributed by atoms with Crippen LogP contribution in [-0.2, 0) is 15.3 Å². The highest BCUT2D eigenvalue weighted by atomic mass is 32.1. The first-order valence-electron chi connectivity index (χ1n) is 7.52. The molecule has 0 bridgehead atoms. The largest absolute Gasteiger partial charge is 0.343 e. The molecule has 0 aromatic heterocycles. The number of rotatable bonds is 5. The quantitative estimate of drug-likeness (QED) is 0.844. The van der Waals surface area contributed by atoms with Crippen LogP contribution in [0.2, 0.25) is 0 Å². The van der Waals surface area contributed by atoms with E-state index in [1.807, 2.05) is 18.2 Å². The van der Waals surface area contributed by atoms with Crippen molar-refractivity contribution in [1.82, 2.24) is 4.90 Å². The molecule has 2 aliphatic heterocycles. The lowest BCUT2D eigenvalue weighted by Gasteiger charge is -2.28. The maximum atomic E-state index is 5.96. The molecular weight excluding hydrogens is 270 g/mol. The molecule has 1 aromatic carbocycles. The monoisotopic (exact) mass is 293 g/mol. The van der Waals surface area contributed by atoms with E-state index in [0.29, 0.717) is 18.5 Å². The van der Waals surface area contributed by atoms with Crippen LogP contribution in [0.1, 0.15) is 24.8 Å². The normalized spacial score (nSPS) is 26.1. The van der Waals surface area contributed by atoms with Crippen molar-refractivity contribution in [2.45, 2.75) is 30.3 Å². The lowest BCUT2D eigenvalue weighted by Crippen LogP contribution is -2.30. The molecule has 2 heterocycles. The van der Waals surface area contributed by atoms with E-state index in [1.165, 1.54) is 13.0 Å². The van der Waals surface area contributed by atoms with E-state index in [-0.39, 0.29) is 0 Å². The second-order valence-corrected chi connectivity index (χ2v) is 6.39. The van der Waals surface area contributed by atoms with Gasteiger partial charge in [-0.1, -0.05) is 30.3 Å². The van der Waals surface area contributed by atoms with E-state index >= 15 is 0 Å². The lowest BCUT2D eigenvalue weighted by atomic mass is 10.0. The highest BCUT2D eigenvalue weighted by Crippen LogP contribution is 2.36. The average molecular weight is 293 g/mol. The number of benzene rings is 1. The van der Waals surface area contributed by atoms with Gasteiger partial charge in [0.15, 0.2) is 5.79 Å². The highest BCUT2D eigenvalue weighted by molar-refractivity contribution is 7.81. The molecule has 110 valence electrons. The molecule has 2 saturated heterocycles. The van der Waals surface area contributed by atoms with Crippen LogP contribution in [0.4, 0.5) is 0 Å². The third-order valence-corrected chi connectivity index (χ3v) is 4.62. The van der Waals surface area contributed by atoms with Gasteiger partial charge < -0.3 is 14.4 Å². The molecule has 2 fully saturated rings. The summed E-state index contributed by atoms with van der Waals surface area (Å²) in [7, 11) is 0. The second-order valence-electron chi connectivity index (χ2n) is 5.66. The number of nitrogens with zero attached hydrogens (tertiary/aromatic N) is 1. The Bertz CT molecular complexity index is 420. The first-order valence-corrected chi connectivity index (χ1v) is 8.04. The smallest absolute Gasteiger partial charge is 0.195 e. The third-order valence-electron chi connectivity index (χ3n) is 4.20. The summed E-state index contributed by atoms with van der Waals surface area (Å²) in [4.78, 5) is 2.49. The summed E-state index contributed by atoms with van der Waals surface area (Å²) in [6.45, 7) is 4.78. The van der Waals surface area contributed by atoms with E-state index < -0.39 is 5.79 Å². The van der Waals surface area contributed by atoms with E-state index in [9.17, 15) is 0 Å². The van der Waals surface area contributed by atoms with Crippen LogP contribution in [0.25, 0.3) is 0 Å². The Labute approximate surface area is 126 Å². The van der Waals surface area contributed by atoms with Gasteiger partial charge in [-0.3, -0.25) is 0 Å². The molecule has 1 atom stereocenters. The molecule has 0 aliphatic carbocycles. The van der Waals surface area contributed by atoms with E-state index in [2.05, 4.69) is 29.7 Å². The number of hydrogen-bond acceptors (Lipinski definition) is 4. The van der Waals surface area contributed by atoms with Crippen LogP contribution in [0.15, 0.2) is 30.3 Å². The molecule has 3 nitrogen and oxygen atoms in total. The Hall–Kier alpha value is -0.550. The third kappa shape index (κ3) is 3.19. The van der Waals surface area contributed by atoms with Gasteiger partial charge in [0.25, 0.3) is 0 Å². The van der Waals surface area contributed by atoms with Crippen LogP contribution in [-0.4, -0.2) is 43.0 Å². The average Bonchev–Trinajstić information content (AvgIpc) is 3.10. The minimum atomic E-state index is -0.513. The topological polar surface area (TPSA) is 21.7 Å². The lowest BCUT2D eigenvalue weighted by molar-refractivity contribution is -0.172. The van der Waals surface area contributed by atoms with Crippen molar-refractivity contribution < 1.29 is 9.47 Å². The summed E-state index contributed by atoms with van der Waals surface area (Å²) >= 11 is 4.54. The van der Waals surface area contributed by atoms with Crippen molar-refractivity contribution in [1.29, 1.82) is 0 Å². The first kappa shape index (κ1) is 14.4. The van der Waals surface area contributed by atoms with Gasteiger partial charge in [0.1, 0.15) is 0 Å². The molecule has 1 aromatic rings. The maximum absolute atomic E-state index is 5.96. The Morgan fingerprint density at radius 2 is 1.95 bits per heavy atom. The Morgan fingerprint density at radius 1 is 1.20 bits per heavy atom. The van der Waals surface area contributed by atoms with Crippen molar-refractivity contribution in [2.75, 3.05) is 32.8 Å². The van der Waals surface area contributed by atoms with Gasteiger partial charge in [0.05, 0.1) is 13.2 Å². The van der Waals surface area contributed by atoms with Crippen LogP contribution < -0.4 is 0 Å². The van der Waals surface area contributed by atoms with Gasteiger partial charge in [-0.25, -0.2) is 0 Å². The number of hydrogen-bond donors (Lipinski definition) is 1. The molecule has 0 radical (unpaired) electrons. The second kappa shape index (κ2) is 6.48. The first-order chi connectivity index (χ1) is 9.78. The van der Waals surface area contributed by atoms with Crippen molar-refractivity contribution in [3.63, 3.8) is 0 Å². The molecule has 0 amide bonds. The van der Waals surface area contributed by atoms with Gasteiger partial charge in [0, 0.05) is 23.8 Å². The fraction of sp³-hybridized carbons (Fsp3) is 0.625. The highest BCUT2D eigenvalue weighted by Gasteiger charge is 2.38. The van der Waals surface area contributed by atoms with E-state index in [0.717, 1.165) is 31.5 Å². The summed E-state index contributed by atoms with van der Waals surface area (Å²) in [6, 6.07) is 10.3. The minimum absolute atomic E-state index is 0.513. The standard InChI is InChI=1S/C16H23NO2S/c20-15-7-10-17(13-15)9-4-8-16(18-11-12-19-16)14-5-2-1-3-6-14/h1-3,5-6,15,20H,4,7-13H2/t15-/m0/s1. The molecule has 0 saturated carbocycles. The summed E-state index contributed by atoms with van der Waals surface area (Å²) < 4.78 is 11.9. The fourth-order valence-corrected chi connectivity index (χ4v) is 3.50. The SMILES string of the molecule is S[C@H]1CCN(CCCC2(c3ccccc3)OCCO2)C1. The van der Waals surface area contributed by atoms with Crippen LogP contribution in [0.5, 0.6) is 0 Å². The van der Waals surface area contributed by atoms with Crippen LogP contribution in [0.3, 0.4) is 0 Å². The van der Waals surface area contributed by atoms with Crippen molar-refractivity contribution in [3.8, 4) is 0 Å². The fourth-order valence-electron chi connectivity index (χ4n) is 3.15. The van der Waals surface area contributed by atoms with Gasteiger partial charge in [-0.15, -0.1) is 0 Å². The van der Waals surface area contributed by atoms with Gasteiger partial charge in [0.2, 0.25) is 0 Å². The molecule has 2 aliphatic rings. The maximum Gasteiger partial charge on any atom is 0.195 e. The minimum Gasteiger partial charge on any atom is -0.343 e. The molecule has 0 N–H and O–H groups in total. The summed E-state index contributed by atoms with van der Waals surface area (Å²) in [6.07, 6.45) is 3.22. The Balaban J connectivity index is 1.58. The number of likely N-dealkylation sites (tertiary alicyclic amines) is 1. The van der Waals surface area contributed by atoms with Gasteiger partial charge in [-0.2, -0.15) is 12.6 Å². The predicted octanol–water partition coefficient (Wildman–Crippen LogP) is 2.67. The Kier molecular flexibility index (Phi) is 4.66. The summed E-state index contributed by atoms with van der Waals surface area (Å²) in [5.74, 6) is -0.513. The molecule has 4 heteroatoms. The van der Waals surface area contributed by atoms with Gasteiger partial charge >= 0.3 is 0 Å². The summed E-state index contributed by atoms with van der Waals surface area (Å²) in [5.41, 5.74) is 1.14. The summed E-state index contributed by atoms with van der Waals surface area (Å²) in [5, 5.41) is 0.553. The zero-order chi connectivity index (χ0) is 13.8.